The number of benzene rings is 1. The van der Waals surface area contributed by atoms with Crippen LogP contribution in [0.5, 0.6) is 5.75 Å². The van der Waals surface area contributed by atoms with E-state index >= 15 is 0 Å². The van der Waals surface area contributed by atoms with Crippen LogP contribution in [0.2, 0.25) is 0 Å². The van der Waals surface area contributed by atoms with Crippen LogP contribution in [0.3, 0.4) is 0 Å². The molecule has 1 aliphatic heterocycles. The van der Waals surface area contributed by atoms with Crippen LogP contribution in [0, 0.1) is 0 Å². The number of methoxy groups -OCH3 is 1. The maximum Gasteiger partial charge on any atom is 0.282 e. The van der Waals surface area contributed by atoms with Crippen molar-refractivity contribution in [3.05, 3.63) is 29.8 Å². The van der Waals surface area contributed by atoms with E-state index in [1.807, 2.05) is 36.1 Å². The molecule has 9 heteroatoms. The Labute approximate surface area is 186 Å². The van der Waals surface area contributed by atoms with Crippen LogP contribution in [0.4, 0.5) is 0 Å². The lowest BCUT2D eigenvalue weighted by atomic mass is 9.96. The zero-order chi connectivity index (χ0) is 22.4. The van der Waals surface area contributed by atoms with E-state index in [-0.39, 0.29) is 18.0 Å². The molecule has 0 spiro atoms. The SMILES string of the molecule is COc1cccc(CNC(=O)C(C)N2CCN(S(=O)(=O)N(C)C3CCCCC3)CC2)c1. The number of carbonyl (C=O) groups is 1. The average Bonchev–Trinajstić information content (AvgIpc) is 2.82. The molecule has 1 aromatic carbocycles. The van der Waals surface area contributed by atoms with E-state index in [4.69, 9.17) is 4.74 Å². The fourth-order valence-corrected chi connectivity index (χ4v) is 6.00. The summed E-state index contributed by atoms with van der Waals surface area (Å²) in [5.41, 5.74) is 0.974. The Morgan fingerprint density at radius 1 is 1.19 bits per heavy atom. The Kier molecular flexibility index (Phi) is 8.32. The lowest BCUT2D eigenvalue weighted by Crippen LogP contribution is -2.57. The monoisotopic (exact) mass is 452 g/mol. The molecule has 1 saturated heterocycles. The van der Waals surface area contributed by atoms with Gasteiger partial charge in [-0.25, -0.2) is 0 Å². The summed E-state index contributed by atoms with van der Waals surface area (Å²) in [7, 11) is -0.124. The van der Waals surface area contributed by atoms with Crippen LogP contribution in [0.25, 0.3) is 0 Å². The summed E-state index contributed by atoms with van der Waals surface area (Å²) in [5, 5.41) is 2.97. The quantitative estimate of drug-likeness (QED) is 0.651. The van der Waals surface area contributed by atoms with Gasteiger partial charge in [0, 0.05) is 45.8 Å². The van der Waals surface area contributed by atoms with Crippen LogP contribution >= 0.6 is 0 Å². The summed E-state index contributed by atoms with van der Waals surface area (Å²) in [6.07, 6.45) is 5.28. The Morgan fingerprint density at radius 3 is 2.52 bits per heavy atom. The molecule has 1 amide bonds. The molecule has 1 saturated carbocycles. The third-order valence-corrected chi connectivity index (χ3v) is 8.62. The molecule has 1 unspecified atom stereocenters. The highest BCUT2D eigenvalue weighted by Crippen LogP contribution is 2.25. The molecule has 174 valence electrons. The van der Waals surface area contributed by atoms with E-state index in [0.717, 1.165) is 37.0 Å². The normalized spacial score (nSPS) is 20.5. The first-order valence-corrected chi connectivity index (χ1v) is 12.6. The lowest BCUT2D eigenvalue weighted by molar-refractivity contribution is -0.126. The van der Waals surface area contributed by atoms with Crippen molar-refractivity contribution in [2.24, 2.45) is 0 Å². The molecule has 8 nitrogen and oxygen atoms in total. The molecular weight excluding hydrogens is 416 g/mol. The highest BCUT2D eigenvalue weighted by atomic mass is 32.2. The molecule has 3 rings (SSSR count). The summed E-state index contributed by atoms with van der Waals surface area (Å²) in [6.45, 7) is 4.22. The van der Waals surface area contributed by atoms with E-state index in [1.54, 1.807) is 22.8 Å². The van der Waals surface area contributed by atoms with E-state index in [2.05, 4.69) is 5.32 Å². The van der Waals surface area contributed by atoms with Gasteiger partial charge in [-0.2, -0.15) is 17.0 Å². The predicted octanol–water partition coefficient (Wildman–Crippen LogP) is 1.83. The largest absolute Gasteiger partial charge is 0.497 e. The second kappa shape index (κ2) is 10.8. The van der Waals surface area contributed by atoms with Crippen molar-refractivity contribution in [1.82, 2.24) is 18.8 Å². The van der Waals surface area contributed by atoms with Crippen molar-refractivity contribution in [2.75, 3.05) is 40.3 Å². The Bertz CT molecular complexity index is 834. The van der Waals surface area contributed by atoms with Gasteiger partial charge in [-0.1, -0.05) is 31.4 Å². The number of carbonyl (C=O) groups excluding carboxylic acids is 1. The van der Waals surface area contributed by atoms with Crippen LogP contribution in [-0.2, 0) is 21.5 Å². The molecule has 1 atom stereocenters. The molecule has 0 bridgehead atoms. The molecule has 2 aliphatic rings. The molecule has 1 N–H and O–H groups in total. The van der Waals surface area contributed by atoms with Gasteiger partial charge < -0.3 is 10.1 Å². The second-order valence-corrected chi connectivity index (χ2v) is 10.5. The van der Waals surface area contributed by atoms with Gasteiger partial charge in [0.2, 0.25) is 5.91 Å². The number of hydrogen-bond acceptors (Lipinski definition) is 5. The van der Waals surface area contributed by atoms with Gasteiger partial charge in [0.05, 0.1) is 13.2 Å². The number of nitrogens with zero attached hydrogens (tertiary/aromatic N) is 3. The van der Waals surface area contributed by atoms with Crippen molar-refractivity contribution < 1.29 is 17.9 Å². The number of piperazine rings is 1. The van der Waals surface area contributed by atoms with Crippen molar-refractivity contribution >= 4 is 16.1 Å². The van der Waals surface area contributed by atoms with Crippen LogP contribution in [0.15, 0.2) is 24.3 Å². The Morgan fingerprint density at radius 2 is 1.87 bits per heavy atom. The van der Waals surface area contributed by atoms with Crippen molar-refractivity contribution in [2.45, 2.75) is 57.7 Å². The van der Waals surface area contributed by atoms with Gasteiger partial charge >= 0.3 is 0 Å². The first kappa shape index (κ1) is 24.0. The Balaban J connectivity index is 1.49. The summed E-state index contributed by atoms with van der Waals surface area (Å²) < 4.78 is 34.5. The van der Waals surface area contributed by atoms with Gasteiger partial charge in [0.25, 0.3) is 10.2 Å². The van der Waals surface area contributed by atoms with Crippen molar-refractivity contribution in [3.8, 4) is 5.75 Å². The van der Waals surface area contributed by atoms with Gasteiger partial charge in [0.15, 0.2) is 0 Å². The molecule has 1 aromatic rings. The summed E-state index contributed by atoms with van der Waals surface area (Å²) in [6, 6.07) is 7.41. The van der Waals surface area contributed by atoms with Gasteiger partial charge in [0.1, 0.15) is 5.75 Å². The highest BCUT2D eigenvalue weighted by Gasteiger charge is 2.36. The summed E-state index contributed by atoms with van der Waals surface area (Å²) >= 11 is 0. The zero-order valence-electron chi connectivity index (χ0n) is 18.9. The lowest BCUT2D eigenvalue weighted by Gasteiger charge is -2.40. The molecular formula is C22H36N4O4S. The predicted molar refractivity (Wildman–Crippen MR) is 121 cm³/mol. The van der Waals surface area contributed by atoms with Crippen LogP contribution in [-0.4, -0.2) is 80.3 Å². The maximum atomic E-state index is 13.1. The smallest absolute Gasteiger partial charge is 0.282 e. The number of amides is 1. The first-order chi connectivity index (χ1) is 14.8. The minimum absolute atomic E-state index is 0.0570. The van der Waals surface area contributed by atoms with E-state index < -0.39 is 10.2 Å². The zero-order valence-corrected chi connectivity index (χ0v) is 19.7. The molecule has 1 aliphatic carbocycles. The Hall–Kier alpha value is -1.68. The van der Waals surface area contributed by atoms with Gasteiger partial charge in [-0.05, 0) is 37.5 Å². The van der Waals surface area contributed by atoms with E-state index in [1.165, 1.54) is 6.42 Å². The van der Waals surface area contributed by atoms with Crippen molar-refractivity contribution in [1.29, 1.82) is 0 Å². The molecule has 31 heavy (non-hydrogen) atoms. The summed E-state index contributed by atoms with van der Waals surface area (Å²) in [4.78, 5) is 14.7. The molecule has 0 radical (unpaired) electrons. The molecule has 0 aromatic heterocycles. The highest BCUT2D eigenvalue weighted by molar-refractivity contribution is 7.86. The third-order valence-electron chi connectivity index (χ3n) is 6.58. The minimum Gasteiger partial charge on any atom is -0.497 e. The fraction of sp³-hybridized carbons (Fsp3) is 0.682. The standard InChI is InChI=1S/C22H36N4O4S/c1-18(22(27)23-17-19-8-7-11-21(16-19)30-3)25-12-14-26(15-13-25)31(28,29)24(2)20-9-5-4-6-10-20/h7-8,11,16,18,20H,4-6,9-10,12-15,17H2,1-3H3,(H,23,27). The first-order valence-electron chi connectivity index (χ1n) is 11.2. The van der Waals surface area contributed by atoms with Gasteiger partial charge in [-0.15, -0.1) is 0 Å². The van der Waals surface area contributed by atoms with Crippen molar-refractivity contribution in [3.63, 3.8) is 0 Å². The molecule has 1 heterocycles. The number of hydrogen-bond donors (Lipinski definition) is 1. The minimum atomic E-state index is -3.46. The maximum absolute atomic E-state index is 13.1. The fourth-order valence-electron chi connectivity index (χ4n) is 4.42. The number of nitrogens with one attached hydrogen (secondary N) is 1. The van der Waals surface area contributed by atoms with Crippen LogP contribution < -0.4 is 10.1 Å². The average molecular weight is 453 g/mol. The second-order valence-electron chi connectivity index (χ2n) is 8.50. The third kappa shape index (κ3) is 5.97. The van der Waals surface area contributed by atoms with E-state index in [9.17, 15) is 13.2 Å². The van der Waals surface area contributed by atoms with Crippen LogP contribution in [0.1, 0.15) is 44.6 Å². The number of rotatable bonds is 8. The van der Waals surface area contributed by atoms with E-state index in [0.29, 0.717) is 32.7 Å². The molecule has 2 fully saturated rings. The summed E-state index contributed by atoms with van der Waals surface area (Å²) in [5.74, 6) is 0.703. The number of ether oxygens (including phenoxy) is 1. The topological polar surface area (TPSA) is 82.2 Å². The van der Waals surface area contributed by atoms with Gasteiger partial charge in [-0.3, -0.25) is 9.69 Å².